The third-order valence-corrected chi connectivity index (χ3v) is 2.39. The molecule has 18 heavy (non-hydrogen) atoms. The van der Waals surface area contributed by atoms with Gasteiger partial charge in [-0.15, -0.1) is 0 Å². The summed E-state index contributed by atoms with van der Waals surface area (Å²) in [5.74, 6) is 0. The zero-order valence-electron chi connectivity index (χ0n) is 10.2. The molecule has 0 saturated heterocycles. The molecule has 0 atom stereocenters. The predicted molar refractivity (Wildman–Crippen MR) is 66.5 cm³/mol. The third-order valence-electron chi connectivity index (χ3n) is 2.39. The highest BCUT2D eigenvalue weighted by Gasteiger charge is 2.23. The van der Waals surface area contributed by atoms with Gasteiger partial charge in [-0.3, -0.25) is 10.1 Å². The molecule has 5 nitrogen and oxygen atoms in total. The molecule has 0 aliphatic rings. The standard InChI is InChI=1S/C11H15F2N3O2/c1-3-14-8-5-4-6-9(11(8)16(17)18)15(2)7-10(12)13/h4-6,10,14H,3,7H2,1-2H3. The first kappa shape index (κ1) is 14.1. The van der Waals surface area contributed by atoms with Crippen LogP contribution in [0.3, 0.4) is 0 Å². The van der Waals surface area contributed by atoms with Gasteiger partial charge in [0.2, 0.25) is 0 Å². The van der Waals surface area contributed by atoms with Crippen LogP contribution in [-0.4, -0.2) is 31.5 Å². The van der Waals surface area contributed by atoms with E-state index >= 15 is 0 Å². The zero-order valence-corrected chi connectivity index (χ0v) is 10.2. The molecule has 0 saturated carbocycles. The molecule has 7 heteroatoms. The van der Waals surface area contributed by atoms with Crippen LogP contribution in [0.1, 0.15) is 6.92 Å². The Hall–Kier alpha value is -1.92. The molecule has 1 rings (SSSR count). The quantitative estimate of drug-likeness (QED) is 0.630. The lowest BCUT2D eigenvalue weighted by Crippen LogP contribution is -2.25. The Balaban J connectivity index is 3.17. The fraction of sp³-hybridized carbons (Fsp3) is 0.455. The van der Waals surface area contributed by atoms with E-state index in [1.807, 2.05) is 0 Å². The van der Waals surface area contributed by atoms with E-state index in [0.717, 1.165) is 0 Å². The number of rotatable bonds is 6. The van der Waals surface area contributed by atoms with Crippen LogP contribution < -0.4 is 10.2 Å². The highest BCUT2D eigenvalue weighted by Crippen LogP contribution is 2.34. The van der Waals surface area contributed by atoms with Crippen molar-refractivity contribution in [3.8, 4) is 0 Å². The van der Waals surface area contributed by atoms with Crippen LogP contribution in [0.15, 0.2) is 18.2 Å². The minimum absolute atomic E-state index is 0.178. The Bertz CT molecular complexity index is 427. The van der Waals surface area contributed by atoms with E-state index in [2.05, 4.69) is 5.32 Å². The maximum Gasteiger partial charge on any atom is 0.315 e. The summed E-state index contributed by atoms with van der Waals surface area (Å²) in [4.78, 5) is 11.7. The summed E-state index contributed by atoms with van der Waals surface area (Å²) in [5, 5.41) is 13.9. The van der Waals surface area contributed by atoms with Crippen molar-refractivity contribution in [3.63, 3.8) is 0 Å². The highest BCUT2D eigenvalue weighted by atomic mass is 19.3. The van der Waals surface area contributed by atoms with Gasteiger partial charge in [0.15, 0.2) is 0 Å². The Morgan fingerprint density at radius 2 is 2.17 bits per heavy atom. The van der Waals surface area contributed by atoms with Crippen LogP contribution >= 0.6 is 0 Å². The molecule has 1 N–H and O–H groups in total. The van der Waals surface area contributed by atoms with E-state index in [0.29, 0.717) is 12.2 Å². The Labute approximate surface area is 104 Å². The first-order valence-corrected chi connectivity index (χ1v) is 5.48. The number of nitro groups is 1. The minimum atomic E-state index is -2.54. The van der Waals surface area contributed by atoms with Gasteiger partial charge in [0.05, 0.1) is 11.5 Å². The van der Waals surface area contributed by atoms with E-state index in [1.165, 1.54) is 18.0 Å². The number of hydrogen-bond donors (Lipinski definition) is 1. The van der Waals surface area contributed by atoms with Crippen molar-refractivity contribution in [3.05, 3.63) is 28.3 Å². The van der Waals surface area contributed by atoms with Gasteiger partial charge in [-0.25, -0.2) is 8.78 Å². The zero-order chi connectivity index (χ0) is 13.7. The molecule has 0 radical (unpaired) electrons. The fourth-order valence-electron chi connectivity index (χ4n) is 1.67. The number of alkyl halides is 2. The van der Waals surface area contributed by atoms with Gasteiger partial charge in [0, 0.05) is 13.6 Å². The third kappa shape index (κ3) is 3.28. The molecule has 1 aromatic carbocycles. The van der Waals surface area contributed by atoms with Crippen molar-refractivity contribution in [1.29, 1.82) is 0 Å². The number of anilines is 2. The Morgan fingerprint density at radius 1 is 1.50 bits per heavy atom. The summed E-state index contributed by atoms with van der Waals surface area (Å²) in [5.41, 5.74) is 0.336. The van der Waals surface area contributed by atoms with Crippen LogP contribution in [0.4, 0.5) is 25.8 Å². The largest absolute Gasteiger partial charge is 0.380 e. The van der Waals surface area contributed by atoms with Gasteiger partial charge in [0.25, 0.3) is 6.43 Å². The van der Waals surface area contributed by atoms with Gasteiger partial charge in [-0.1, -0.05) is 6.07 Å². The molecule has 0 bridgehead atoms. The van der Waals surface area contributed by atoms with Gasteiger partial charge in [0.1, 0.15) is 11.4 Å². The van der Waals surface area contributed by atoms with Gasteiger partial charge in [-0.2, -0.15) is 0 Å². The SMILES string of the molecule is CCNc1cccc(N(C)CC(F)F)c1[N+](=O)[O-]. The van der Waals surface area contributed by atoms with Gasteiger partial charge < -0.3 is 10.2 Å². The maximum atomic E-state index is 12.3. The molecule has 100 valence electrons. The number of hydrogen-bond acceptors (Lipinski definition) is 4. The van der Waals surface area contributed by atoms with Crippen molar-refractivity contribution in [2.24, 2.45) is 0 Å². The van der Waals surface area contributed by atoms with E-state index in [4.69, 9.17) is 0 Å². The topological polar surface area (TPSA) is 58.4 Å². The lowest BCUT2D eigenvalue weighted by molar-refractivity contribution is -0.383. The van der Waals surface area contributed by atoms with Crippen LogP contribution in [0.25, 0.3) is 0 Å². The Morgan fingerprint density at radius 3 is 2.67 bits per heavy atom. The number of nitrogens with one attached hydrogen (secondary N) is 1. The summed E-state index contributed by atoms with van der Waals surface area (Å²) in [6, 6.07) is 4.62. The van der Waals surface area contributed by atoms with Gasteiger partial charge >= 0.3 is 5.69 Å². The fourth-order valence-corrected chi connectivity index (χ4v) is 1.67. The molecule has 0 fully saturated rings. The molecular formula is C11H15F2N3O2. The summed E-state index contributed by atoms with van der Waals surface area (Å²) in [6.45, 7) is 1.78. The van der Waals surface area contributed by atoms with Crippen LogP contribution in [0, 0.1) is 10.1 Å². The molecule has 0 aromatic heterocycles. The summed E-state index contributed by atoms with van der Waals surface area (Å²) in [7, 11) is 1.41. The van der Waals surface area contributed by atoms with Crippen molar-refractivity contribution in [1.82, 2.24) is 0 Å². The van der Waals surface area contributed by atoms with E-state index in [-0.39, 0.29) is 11.4 Å². The number of para-hydroxylation sites is 1. The smallest absolute Gasteiger partial charge is 0.315 e. The molecule has 0 aliphatic heterocycles. The normalized spacial score (nSPS) is 10.5. The van der Waals surface area contributed by atoms with Crippen molar-refractivity contribution < 1.29 is 13.7 Å². The molecule has 0 aliphatic carbocycles. The first-order chi connectivity index (χ1) is 8.47. The second-order valence-electron chi connectivity index (χ2n) is 3.73. The van der Waals surface area contributed by atoms with Crippen LogP contribution in [0.5, 0.6) is 0 Å². The lowest BCUT2D eigenvalue weighted by atomic mass is 10.2. The highest BCUT2D eigenvalue weighted by molar-refractivity contribution is 5.76. The number of nitrogens with zero attached hydrogens (tertiary/aromatic N) is 2. The number of benzene rings is 1. The molecule has 0 amide bonds. The van der Waals surface area contributed by atoms with E-state index in [9.17, 15) is 18.9 Å². The first-order valence-electron chi connectivity index (χ1n) is 5.48. The van der Waals surface area contributed by atoms with Gasteiger partial charge in [-0.05, 0) is 19.1 Å². The average molecular weight is 259 g/mol. The summed E-state index contributed by atoms with van der Waals surface area (Å²) in [6.07, 6.45) is -2.54. The summed E-state index contributed by atoms with van der Waals surface area (Å²) < 4.78 is 24.7. The van der Waals surface area contributed by atoms with Crippen molar-refractivity contribution >= 4 is 17.1 Å². The van der Waals surface area contributed by atoms with E-state index in [1.54, 1.807) is 19.1 Å². The van der Waals surface area contributed by atoms with Crippen molar-refractivity contribution in [2.45, 2.75) is 13.3 Å². The van der Waals surface area contributed by atoms with Crippen molar-refractivity contribution in [2.75, 3.05) is 30.4 Å². The Kier molecular flexibility index (Phi) is 4.82. The minimum Gasteiger partial charge on any atom is -0.380 e. The second kappa shape index (κ2) is 6.13. The average Bonchev–Trinajstić information content (AvgIpc) is 2.27. The molecule has 1 aromatic rings. The summed E-state index contributed by atoms with van der Waals surface area (Å²) >= 11 is 0. The monoisotopic (exact) mass is 259 g/mol. The predicted octanol–water partition coefficient (Wildman–Crippen LogP) is 2.73. The van der Waals surface area contributed by atoms with Crippen LogP contribution in [0.2, 0.25) is 0 Å². The number of nitro benzene ring substituents is 1. The second-order valence-corrected chi connectivity index (χ2v) is 3.73. The maximum absolute atomic E-state index is 12.3. The number of halogens is 2. The van der Waals surface area contributed by atoms with E-state index < -0.39 is 17.9 Å². The lowest BCUT2D eigenvalue weighted by Gasteiger charge is -2.19. The molecule has 0 heterocycles. The molecule has 0 unspecified atom stereocenters. The molecule has 0 spiro atoms. The molecular weight excluding hydrogens is 244 g/mol. The van der Waals surface area contributed by atoms with Crippen LogP contribution in [-0.2, 0) is 0 Å².